The largest absolute Gasteiger partial charge is 1.00 e. The van der Waals surface area contributed by atoms with Crippen molar-refractivity contribution in [3.8, 4) is 0 Å². The van der Waals surface area contributed by atoms with Crippen molar-refractivity contribution in [2.75, 3.05) is 0 Å². The normalized spacial score (nSPS) is 8.17. The molecule has 0 spiro atoms. The minimum absolute atomic E-state index is 0. The van der Waals surface area contributed by atoms with Gasteiger partial charge in [0.2, 0.25) is 0 Å². The smallest absolute Gasteiger partial charge is 0.549 e. The summed E-state index contributed by atoms with van der Waals surface area (Å²) in [6, 6.07) is 0. The van der Waals surface area contributed by atoms with E-state index in [9.17, 15) is 19.8 Å². The molecule has 0 aliphatic heterocycles. The van der Waals surface area contributed by atoms with E-state index in [1.165, 1.54) is 0 Å². The van der Waals surface area contributed by atoms with Gasteiger partial charge >= 0.3 is 103 Å². The van der Waals surface area contributed by atoms with Crippen molar-refractivity contribution in [3.05, 3.63) is 0 Å². The van der Waals surface area contributed by atoms with Gasteiger partial charge in [-0.15, -0.1) is 0 Å². The average Bonchev–Trinajstić information content (AvgIpc) is 1.81. The fraction of sp³-hybridized carbons (Fsp3) is 0.667. The molecule has 0 aliphatic carbocycles. The zero-order valence-corrected chi connectivity index (χ0v) is 13.9. The fourth-order valence-electron chi connectivity index (χ4n) is 0.621. The van der Waals surface area contributed by atoms with Crippen molar-refractivity contribution >= 4 is 11.9 Å². The molecule has 0 aromatic carbocycles. The molecule has 12 heavy (non-hydrogen) atoms. The molecular formula is C6H8K2O4. The second-order valence-corrected chi connectivity index (χ2v) is 1.98. The molecule has 0 amide bonds. The van der Waals surface area contributed by atoms with Crippen molar-refractivity contribution in [2.45, 2.75) is 19.8 Å². The Balaban J connectivity index is -0.000000405. The number of carbonyl (C=O) groups excluding carboxylic acids is 2. The summed E-state index contributed by atoms with van der Waals surface area (Å²) in [6.07, 6.45) is 0.567. The molecule has 0 aliphatic rings. The topological polar surface area (TPSA) is 80.3 Å². The molecule has 0 unspecified atom stereocenters. The number of hydrogen-bond acceptors (Lipinski definition) is 4. The SMILES string of the molecule is CCCC(C(=O)[O-])C(=O)[O-].[K+].[K+]. The fourth-order valence-corrected chi connectivity index (χ4v) is 0.621. The zero-order valence-electron chi connectivity index (χ0n) is 7.62. The summed E-state index contributed by atoms with van der Waals surface area (Å²) in [7, 11) is 0. The molecule has 0 aromatic heterocycles. The molecule has 0 bridgehead atoms. The Kier molecular flexibility index (Phi) is 18.6. The Morgan fingerprint density at radius 1 is 1.17 bits per heavy atom. The molecule has 0 saturated heterocycles. The third-order valence-electron chi connectivity index (χ3n) is 1.15. The minimum atomic E-state index is -1.57. The van der Waals surface area contributed by atoms with E-state index in [1.807, 2.05) is 0 Å². The Bertz CT molecular complexity index is 134. The monoisotopic (exact) mass is 222 g/mol. The Morgan fingerprint density at radius 2 is 1.50 bits per heavy atom. The van der Waals surface area contributed by atoms with Crippen LogP contribution in [0.1, 0.15) is 19.8 Å². The summed E-state index contributed by atoms with van der Waals surface area (Å²) in [6.45, 7) is 1.69. The summed E-state index contributed by atoms with van der Waals surface area (Å²) < 4.78 is 0. The molecule has 0 saturated carbocycles. The van der Waals surface area contributed by atoms with E-state index < -0.39 is 17.9 Å². The first-order valence-electron chi connectivity index (χ1n) is 3.01. The molecule has 58 valence electrons. The third kappa shape index (κ3) is 8.80. The van der Waals surface area contributed by atoms with Crippen LogP contribution in [-0.2, 0) is 9.59 Å². The summed E-state index contributed by atoms with van der Waals surface area (Å²) in [4.78, 5) is 20.0. The molecule has 0 radical (unpaired) electrons. The van der Waals surface area contributed by atoms with Gasteiger partial charge in [-0.2, -0.15) is 0 Å². The van der Waals surface area contributed by atoms with Gasteiger partial charge in [-0.25, -0.2) is 0 Å². The molecule has 0 aromatic rings. The molecule has 4 nitrogen and oxygen atoms in total. The quantitative estimate of drug-likeness (QED) is 0.349. The van der Waals surface area contributed by atoms with Crippen molar-refractivity contribution < 1.29 is 123 Å². The third-order valence-corrected chi connectivity index (χ3v) is 1.15. The summed E-state index contributed by atoms with van der Waals surface area (Å²) >= 11 is 0. The second-order valence-electron chi connectivity index (χ2n) is 1.98. The van der Waals surface area contributed by atoms with Gasteiger partial charge in [0, 0.05) is 5.92 Å². The van der Waals surface area contributed by atoms with Gasteiger partial charge in [0.25, 0.3) is 0 Å². The number of rotatable bonds is 4. The van der Waals surface area contributed by atoms with Gasteiger partial charge in [0.15, 0.2) is 0 Å². The van der Waals surface area contributed by atoms with Crippen LogP contribution in [0, 0.1) is 5.92 Å². The van der Waals surface area contributed by atoms with E-state index in [-0.39, 0.29) is 109 Å². The summed E-state index contributed by atoms with van der Waals surface area (Å²) in [5.74, 6) is -4.59. The summed E-state index contributed by atoms with van der Waals surface area (Å²) in [5, 5.41) is 20.0. The van der Waals surface area contributed by atoms with Gasteiger partial charge in [-0.05, 0) is 6.42 Å². The first-order chi connectivity index (χ1) is 4.59. The van der Waals surface area contributed by atoms with Crippen molar-refractivity contribution in [3.63, 3.8) is 0 Å². The van der Waals surface area contributed by atoms with E-state index in [4.69, 9.17) is 0 Å². The van der Waals surface area contributed by atoms with E-state index in [1.54, 1.807) is 6.92 Å². The molecule has 0 heterocycles. The average molecular weight is 222 g/mol. The van der Waals surface area contributed by atoms with E-state index in [0.717, 1.165) is 0 Å². The maximum absolute atomic E-state index is 10.00. The van der Waals surface area contributed by atoms with Gasteiger partial charge in [0.1, 0.15) is 0 Å². The van der Waals surface area contributed by atoms with Gasteiger partial charge in [0.05, 0.1) is 11.9 Å². The van der Waals surface area contributed by atoms with Gasteiger partial charge < -0.3 is 19.8 Å². The molecule has 0 rings (SSSR count). The number of carboxylic acids is 2. The maximum Gasteiger partial charge on any atom is 1.00 e. The number of carbonyl (C=O) groups is 2. The standard InChI is InChI=1S/C6H10O4.2K/c1-2-3-4(5(7)8)6(9)10;;/h4H,2-3H2,1H3,(H,7,8)(H,9,10);;/q;2*+1/p-2. The van der Waals surface area contributed by atoms with E-state index >= 15 is 0 Å². The predicted molar refractivity (Wildman–Crippen MR) is 28.4 cm³/mol. The molecule has 0 fully saturated rings. The number of carboxylic acid groups (broad SMARTS) is 2. The second kappa shape index (κ2) is 11.3. The van der Waals surface area contributed by atoms with E-state index in [0.29, 0.717) is 6.42 Å². The van der Waals surface area contributed by atoms with Crippen LogP contribution in [0.2, 0.25) is 0 Å². The van der Waals surface area contributed by atoms with Crippen molar-refractivity contribution in [2.24, 2.45) is 5.92 Å². The minimum Gasteiger partial charge on any atom is -0.549 e. The predicted octanol–water partition coefficient (Wildman–Crippen LogP) is -8.09. The molecule has 0 atom stereocenters. The van der Waals surface area contributed by atoms with Crippen LogP contribution < -0.4 is 113 Å². The number of hydrogen-bond donors (Lipinski definition) is 0. The Labute approximate surface area is 156 Å². The van der Waals surface area contributed by atoms with Crippen LogP contribution in [0.15, 0.2) is 0 Å². The van der Waals surface area contributed by atoms with Crippen LogP contribution in [0.4, 0.5) is 0 Å². The molecular weight excluding hydrogens is 214 g/mol. The first kappa shape index (κ1) is 19.7. The molecule has 0 N–H and O–H groups in total. The van der Waals surface area contributed by atoms with Crippen LogP contribution in [0.5, 0.6) is 0 Å². The summed E-state index contributed by atoms with van der Waals surface area (Å²) in [5.41, 5.74) is 0. The number of aliphatic carboxylic acids is 2. The first-order valence-corrected chi connectivity index (χ1v) is 3.01. The Hall–Kier alpha value is 2.21. The zero-order chi connectivity index (χ0) is 8.15. The van der Waals surface area contributed by atoms with E-state index in [2.05, 4.69) is 0 Å². The van der Waals surface area contributed by atoms with Crippen molar-refractivity contribution in [1.82, 2.24) is 0 Å². The van der Waals surface area contributed by atoms with Crippen LogP contribution in [0.3, 0.4) is 0 Å². The van der Waals surface area contributed by atoms with Crippen LogP contribution in [-0.4, -0.2) is 11.9 Å². The maximum atomic E-state index is 10.00. The van der Waals surface area contributed by atoms with Crippen LogP contribution >= 0.6 is 0 Å². The van der Waals surface area contributed by atoms with Crippen molar-refractivity contribution in [1.29, 1.82) is 0 Å². The van der Waals surface area contributed by atoms with Gasteiger partial charge in [-0.3, -0.25) is 0 Å². The van der Waals surface area contributed by atoms with Crippen LogP contribution in [0.25, 0.3) is 0 Å². The molecule has 6 heteroatoms. The Morgan fingerprint density at radius 3 is 1.58 bits per heavy atom. The van der Waals surface area contributed by atoms with Gasteiger partial charge in [-0.1, -0.05) is 13.3 Å².